The van der Waals surface area contributed by atoms with E-state index in [1.165, 1.54) is 30.7 Å². The van der Waals surface area contributed by atoms with Gasteiger partial charge in [0.2, 0.25) is 0 Å². The van der Waals surface area contributed by atoms with E-state index in [4.69, 9.17) is 23.8 Å². The summed E-state index contributed by atoms with van der Waals surface area (Å²) in [5, 5.41) is 5.68. The Bertz CT molecular complexity index is 791. The van der Waals surface area contributed by atoms with E-state index in [9.17, 15) is 9.18 Å². The van der Waals surface area contributed by atoms with Gasteiger partial charge >= 0.3 is 0 Å². The van der Waals surface area contributed by atoms with E-state index in [1.54, 1.807) is 0 Å². The minimum atomic E-state index is -0.500. The molecule has 2 aromatic rings. The Morgan fingerprint density at radius 3 is 2.44 bits per heavy atom. The molecular weight excluding hydrogens is 361 g/mol. The zero-order valence-corrected chi connectivity index (χ0v) is 15.0. The zero-order chi connectivity index (χ0) is 17.8. The summed E-state index contributed by atoms with van der Waals surface area (Å²) in [6, 6.07) is 11.5. The van der Waals surface area contributed by atoms with Gasteiger partial charge in [-0.1, -0.05) is 11.6 Å². The van der Waals surface area contributed by atoms with Crippen molar-refractivity contribution in [2.45, 2.75) is 12.8 Å². The fourth-order valence-electron chi connectivity index (χ4n) is 2.74. The minimum Gasteiger partial charge on any atom is -0.372 e. The molecule has 3 rings (SSSR count). The van der Waals surface area contributed by atoms with Crippen LogP contribution in [0.3, 0.4) is 0 Å². The van der Waals surface area contributed by atoms with E-state index in [1.807, 2.05) is 24.3 Å². The van der Waals surface area contributed by atoms with E-state index in [-0.39, 0.29) is 15.7 Å². The van der Waals surface area contributed by atoms with Crippen LogP contribution in [0.1, 0.15) is 23.2 Å². The number of nitrogens with one attached hydrogen (secondary N) is 2. The Kier molecular flexibility index (Phi) is 5.50. The van der Waals surface area contributed by atoms with Gasteiger partial charge in [0.05, 0.1) is 10.6 Å². The highest BCUT2D eigenvalue weighted by Crippen LogP contribution is 2.22. The molecule has 0 radical (unpaired) electrons. The first kappa shape index (κ1) is 17.6. The van der Waals surface area contributed by atoms with Crippen molar-refractivity contribution < 1.29 is 9.18 Å². The van der Waals surface area contributed by atoms with Crippen molar-refractivity contribution >= 4 is 46.2 Å². The summed E-state index contributed by atoms with van der Waals surface area (Å²) in [7, 11) is 0. The van der Waals surface area contributed by atoms with Crippen molar-refractivity contribution in [3.05, 3.63) is 58.9 Å². The largest absolute Gasteiger partial charge is 0.372 e. The van der Waals surface area contributed by atoms with Gasteiger partial charge in [-0.15, -0.1) is 0 Å². The molecule has 0 aromatic heterocycles. The molecule has 130 valence electrons. The lowest BCUT2D eigenvalue weighted by Gasteiger charge is -2.18. The zero-order valence-electron chi connectivity index (χ0n) is 13.4. The fraction of sp³-hybridized carbons (Fsp3) is 0.222. The van der Waals surface area contributed by atoms with Crippen molar-refractivity contribution in [1.29, 1.82) is 0 Å². The first-order chi connectivity index (χ1) is 12.0. The van der Waals surface area contributed by atoms with Crippen LogP contribution in [0.5, 0.6) is 0 Å². The molecular formula is C18H17ClFN3OS. The molecule has 4 nitrogen and oxygen atoms in total. The van der Waals surface area contributed by atoms with Gasteiger partial charge in [-0.25, -0.2) is 4.39 Å². The molecule has 0 spiro atoms. The number of benzene rings is 2. The predicted octanol–water partition coefficient (Wildman–Crippen LogP) is 4.21. The van der Waals surface area contributed by atoms with Crippen molar-refractivity contribution in [3.8, 4) is 0 Å². The molecule has 2 aromatic carbocycles. The van der Waals surface area contributed by atoms with Crippen LogP contribution in [0.2, 0.25) is 5.02 Å². The maximum atomic E-state index is 13.0. The van der Waals surface area contributed by atoms with E-state index in [2.05, 4.69) is 15.5 Å². The molecule has 1 amide bonds. The van der Waals surface area contributed by atoms with E-state index < -0.39 is 11.7 Å². The molecule has 7 heteroatoms. The summed E-state index contributed by atoms with van der Waals surface area (Å²) in [5.74, 6) is -0.989. The van der Waals surface area contributed by atoms with Crippen LogP contribution < -0.4 is 15.5 Å². The number of carbonyl (C=O) groups is 1. The highest BCUT2D eigenvalue weighted by molar-refractivity contribution is 7.80. The molecule has 0 aliphatic carbocycles. The second-order valence-corrected chi connectivity index (χ2v) is 6.59. The smallest absolute Gasteiger partial charge is 0.258 e. The van der Waals surface area contributed by atoms with Gasteiger partial charge in [-0.3, -0.25) is 10.1 Å². The third-order valence-electron chi connectivity index (χ3n) is 4.00. The number of amides is 1. The van der Waals surface area contributed by atoms with Crippen molar-refractivity contribution in [2.24, 2.45) is 0 Å². The van der Waals surface area contributed by atoms with E-state index in [0.29, 0.717) is 0 Å². The molecule has 2 N–H and O–H groups in total. The highest BCUT2D eigenvalue weighted by atomic mass is 35.5. The van der Waals surface area contributed by atoms with Crippen molar-refractivity contribution in [3.63, 3.8) is 0 Å². The Balaban J connectivity index is 1.59. The first-order valence-corrected chi connectivity index (χ1v) is 8.74. The highest BCUT2D eigenvalue weighted by Gasteiger charge is 2.14. The molecule has 0 saturated carbocycles. The predicted molar refractivity (Wildman–Crippen MR) is 103 cm³/mol. The number of hydrogen-bond donors (Lipinski definition) is 2. The number of carbonyl (C=O) groups excluding carboxylic acids is 1. The average molecular weight is 378 g/mol. The molecule has 1 aliphatic heterocycles. The molecule has 0 unspecified atom stereocenters. The van der Waals surface area contributed by atoms with Crippen LogP contribution in [-0.2, 0) is 0 Å². The third-order valence-corrected chi connectivity index (χ3v) is 4.52. The number of hydrogen-bond acceptors (Lipinski definition) is 3. The van der Waals surface area contributed by atoms with Crippen molar-refractivity contribution in [2.75, 3.05) is 23.3 Å². The van der Waals surface area contributed by atoms with Gasteiger partial charge in [-0.05, 0) is 67.5 Å². The standard InChI is InChI=1S/C18H17ClFN3OS/c19-16-11-12(20)3-8-15(16)17(24)22-18(25)21-13-4-6-14(7-5-13)23-9-1-2-10-23/h3-8,11H,1-2,9-10H2,(H2,21,22,24,25). The van der Waals surface area contributed by atoms with Crippen LogP contribution in [0.15, 0.2) is 42.5 Å². The second-order valence-electron chi connectivity index (χ2n) is 5.77. The normalized spacial score (nSPS) is 13.6. The van der Waals surface area contributed by atoms with Gasteiger partial charge in [-0.2, -0.15) is 0 Å². The monoisotopic (exact) mass is 377 g/mol. The molecule has 1 aliphatic rings. The van der Waals surface area contributed by atoms with Gasteiger partial charge in [0.1, 0.15) is 5.82 Å². The Morgan fingerprint density at radius 2 is 1.80 bits per heavy atom. The van der Waals surface area contributed by atoms with Gasteiger partial charge in [0.15, 0.2) is 5.11 Å². The lowest BCUT2D eigenvalue weighted by molar-refractivity contribution is 0.0978. The van der Waals surface area contributed by atoms with Crippen LogP contribution in [0, 0.1) is 5.82 Å². The quantitative estimate of drug-likeness (QED) is 0.786. The summed E-state index contributed by atoms with van der Waals surface area (Å²) in [6.45, 7) is 2.17. The Labute approximate surface area is 156 Å². The molecule has 0 bridgehead atoms. The summed E-state index contributed by atoms with van der Waals surface area (Å²) in [4.78, 5) is 14.5. The average Bonchev–Trinajstić information content (AvgIpc) is 3.09. The topological polar surface area (TPSA) is 44.4 Å². The summed E-state index contributed by atoms with van der Waals surface area (Å²) < 4.78 is 13.0. The number of anilines is 2. The molecule has 1 fully saturated rings. The molecule has 1 saturated heterocycles. The lowest BCUT2D eigenvalue weighted by atomic mass is 10.2. The fourth-order valence-corrected chi connectivity index (χ4v) is 3.20. The van der Waals surface area contributed by atoms with Crippen LogP contribution in [0.25, 0.3) is 0 Å². The molecule has 1 heterocycles. The number of rotatable bonds is 3. The number of thiocarbonyl (C=S) groups is 1. The van der Waals surface area contributed by atoms with Gasteiger partial charge < -0.3 is 10.2 Å². The van der Waals surface area contributed by atoms with Gasteiger partial charge in [0.25, 0.3) is 5.91 Å². The van der Waals surface area contributed by atoms with Gasteiger partial charge in [0, 0.05) is 24.5 Å². The molecule has 25 heavy (non-hydrogen) atoms. The van der Waals surface area contributed by atoms with Crippen LogP contribution in [-0.4, -0.2) is 24.1 Å². The minimum absolute atomic E-state index is 0.0373. The number of nitrogens with zero attached hydrogens (tertiary/aromatic N) is 1. The van der Waals surface area contributed by atoms with Crippen LogP contribution in [0.4, 0.5) is 15.8 Å². The first-order valence-electron chi connectivity index (χ1n) is 7.95. The Morgan fingerprint density at radius 1 is 1.12 bits per heavy atom. The summed E-state index contributed by atoms with van der Waals surface area (Å²) in [5.41, 5.74) is 2.12. The summed E-state index contributed by atoms with van der Waals surface area (Å²) >= 11 is 11.0. The third kappa shape index (κ3) is 4.46. The van der Waals surface area contributed by atoms with E-state index in [0.717, 1.165) is 24.8 Å². The maximum Gasteiger partial charge on any atom is 0.258 e. The van der Waals surface area contributed by atoms with Crippen LogP contribution >= 0.6 is 23.8 Å². The molecule has 0 atom stereocenters. The number of halogens is 2. The lowest BCUT2D eigenvalue weighted by Crippen LogP contribution is -2.34. The maximum absolute atomic E-state index is 13.0. The van der Waals surface area contributed by atoms with Crippen molar-refractivity contribution in [1.82, 2.24) is 5.32 Å². The Hall–Kier alpha value is -2.18. The SMILES string of the molecule is O=C(NC(=S)Nc1ccc(N2CCCC2)cc1)c1ccc(F)cc1Cl. The second kappa shape index (κ2) is 7.80. The van der Waals surface area contributed by atoms with E-state index >= 15 is 0 Å². The summed E-state index contributed by atoms with van der Waals surface area (Å²) in [6.07, 6.45) is 2.45.